The van der Waals surface area contributed by atoms with Crippen LogP contribution in [0, 0.1) is 0 Å². The lowest BCUT2D eigenvalue weighted by Gasteiger charge is -2.20. The summed E-state index contributed by atoms with van der Waals surface area (Å²) in [6.45, 7) is 2.27. The molecule has 128 valence electrons. The van der Waals surface area contributed by atoms with E-state index in [0.29, 0.717) is 18.8 Å². The predicted octanol–water partition coefficient (Wildman–Crippen LogP) is 1.74. The quantitative estimate of drug-likeness (QED) is 0.789. The zero-order valence-electron chi connectivity index (χ0n) is 13.2. The lowest BCUT2D eigenvalue weighted by atomic mass is 10.0. The molecule has 2 aliphatic rings. The van der Waals surface area contributed by atoms with Gasteiger partial charge in [-0.25, -0.2) is 0 Å². The number of carbonyl (C=O) groups excluding carboxylic acids is 1. The number of fused-ring (bicyclic) bond motifs is 1. The molecule has 1 amide bonds. The van der Waals surface area contributed by atoms with Crippen molar-refractivity contribution >= 4 is 18.3 Å². The van der Waals surface area contributed by atoms with Gasteiger partial charge >= 0.3 is 0 Å². The van der Waals surface area contributed by atoms with Crippen molar-refractivity contribution in [2.24, 2.45) is 0 Å². The summed E-state index contributed by atoms with van der Waals surface area (Å²) >= 11 is 0. The standard InChI is InChI=1S/C17H20N4O2.ClH/c22-17(15-12-10-18-8-6-13(12)20-21-15)19-14-7-9-23-16(14)11-4-2-1-3-5-11;/h1-5,14,16,18H,6-10H2,(H,19,22)(H,20,21);1H. The second-order valence-electron chi connectivity index (χ2n) is 6.03. The van der Waals surface area contributed by atoms with Gasteiger partial charge in [0.1, 0.15) is 6.10 Å². The minimum atomic E-state index is -0.123. The average Bonchev–Trinajstić information content (AvgIpc) is 3.22. The molecule has 1 saturated heterocycles. The smallest absolute Gasteiger partial charge is 0.272 e. The summed E-state index contributed by atoms with van der Waals surface area (Å²) in [6.07, 6.45) is 1.61. The minimum absolute atomic E-state index is 0. The summed E-state index contributed by atoms with van der Waals surface area (Å²) in [5, 5.41) is 13.6. The van der Waals surface area contributed by atoms with E-state index >= 15 is 0 Å². The Balaban J connectivity index is 0.00000169. The van der Waals surface area contributed by atoms with Gasteiger partial charge < -0.3 is 15.4 Å². The Hall–Kier alpha value is -1.89. The Bertz CT molecular complexity index is 704. The summed E-state index contributed by atoms with van der Waals surface area (Å²) in [6, 6.07) is 10.0. The predicted molar refractivity (Wildman–Crippen MR) is 92.3 cm³/mol. The Morgan fingerprint density at radius 3 is 2.96 bits per heavy atom. The van der Waals surface area contributed by atoms with Crippen molar-refractivity contribution in [3.8, 4) is 0 Å². The first-order valence-electron chi connectivity index (χ1n) is 8.07. The maximum absolute atomic E-state index is 12.6. The highest BCUT2D eigenvalue weighted by Gasteiger charge is 2.32. The fraction of sp³-hybridized carbons (Fsp3) is 0.412. The van der Waals surface area contributed by atoms with E-state index in [1.807, 2.05) is 30.3 Å². The van der Waals surface area contributed by atoms with Crippen LogP contribution in [-0.4, -0.2) is 35.3 Å². The zero-order valence-corrected chi connectivity index (χ0v) is 14.1. The van der Waals surface area contributed by atoms with E-state index in [0.717, 1.165) is 36.2 Å². The molecule has 0 saturated carbocycles. The van der Waals surface area contributed by atoms with Crippen LogP contribution >= 0.6 is 12.4 Å². The number of carbonyl (C=O) groups is 1. The number of aromatic nitrogens is 2. The van der Waals surface area contributed by atoms with Crippen molar-refractivity contribution in [3.05, 3.63) is 52.8 Å². The van der Waals surface area contributed by atoms with Crippen LogP contribution in [0.2, 0.25) is 0 Å². The molecular formula is C17H21ClN4O2. The summed E-state index contributed by atoms with van der Waals surface area (Å²) < 4.78 is 5.83. The van der Waals surface area contributed by atoms with Gasteiger partial charge in [0.15, 0.2) is 5.69 Å². The number of hydrogen-bond acceptors (Lipinski definition) is 4. The largest absolute Gasteiger partial charge is 0.371 e. The van der Waals surface area contributed by atoms with Crippen molar-refractivity contribution < 1.29 is 9.53 Å². The van der Waals surface area contributed by atoms with Crippen molar-refractivity contribution in [1.29, 1.82) is 0 Å². The molecule has 0 spiro atoms. The number of rotatable bonds is 3. The minimum Gasteiger partial charge on any atom is -0.371 e. The highest BCUT2D eigenvalue weighted by molar-refractivity contribution is 5.94. The van der Waals surface area contributed by atoms with Crippen LogP contribution in [0.5, 0.6) is 0 Å². The number of aromatic amines is 1. The third kappa shape index (κ3) is 3.17. The second kappa shape index (κ2) is 7.34. The van der Waals surface area contributed by atoms with E-state index in [9.17, 15) is 4.79 Å². The number of nitrogens with zero attached hydrogens (tertiary/aromatic N) is 1. The first-order valence-corrected chi connectivity index (χ1v) is 8.07. The van der Waals surface area contributed by atoms with Crippen LogP contribution in [0.15, 0.2) is 30.3 Å². The van der Waals surface area contributed by atoms with E-state index in [-0.39, 0.29) is 30.5 Å². The van der Waals surface area contributed by atoms with Gasteiger partial charge in [-0.3, -0.25) is 9.89 Å². The molecule has 0 aliphatic carbocycles. The van der Waals surface area contributed by atoms with Gasteiger partial charge in [0.05, 0.1) is 6.04 Å². The maximum Gasteiger partial charge on any atom is 0.272 e. The number of ether oxygens (including phenoxy) is 1. The van der Waals surface area contributed by atoms with E-state index < -0.39 is 0 Å². The third-order valence-electron chi connectivity index (χ3n) is 4.56. The highest BCUT2D eigenvalue weighted by Crippen LogP contribution is 2.29. The fourth-order valence-electron chi connectivity index (χ4n) is 3.36. The molecule has 0 radical (unpaired) electrons. The van der Waals surface area contributed by atoms with Gasteiger partial charge in [-0.1, -0.05) is 30.3 Å². The topological polar surface area (TPSA) is 79.0 Å². The molecule has 3 N–H and O–H groups in total. The molecular weight excluding hydrogens is 328 g/mol. The zero-order chi connectivity index (χ0) is 15.6. The Labute approximate surface area is 146 Å². The van der Waals surface area contributed by atoms with E-state index in [1.165, 1.54) is 0 Å². The van der Waals surface area contributed by atoms with Crippen molar-refractivity contribution in [3.63, 3.8) is 0 Å². The molecule has 7 heteroatoms. The number of H-pyrrole nitrogens is 1. The van der Waals surface area contributed by atoms with Crippen LogP contribution in [0.3, 0.4) is 0 Å². The summed E-state index contributed by atoms with van der Waals surface area (Å²) in [7, 11) is 0. The number of hydrogen-bond donors (Lipinski definition) is 3. The molecule has 6 nitrogen and oxygen atoms in total. The Kier molecular flexibility index (Phi) is 5.18. The molecule has 2 unspecified atom stereocenters. The number of nitrogens with one attached hydrogen (secondary N) is 3. The summed E-state index contributed by atoms with van der Waals surface area (Å²) in [5.41, 5.74) is 3.66. The Morgan fingerprint density at radius 2 is 2.12 bits per heavy atom. The van der Waals surface area contributed by atoms with Crippen LogP contribution in [0.1, 0.15) is 39.8 Å². The number of benzene rings is 1. The molecule has 1 aromatic heterocycles. The molecule has 1 fully saturated rings. The van der Waals surface area contributed by atoms with Gasteiger partial charge in [-0.05, 0) is 12.0 Å². The summed E-state index contributed by atoms with van der Waals surface area (Å²) in [5.74, 6) is -0.123. The van der Waals surface area contributed by atoms with Crippen molar-refractivity contribution in [2.75, 3.05) is 13.2 Å². The lowest BCUT2D eigenvalue weighted by molar-refractivity contribution is 0.0817. The molecule has 1 aromatic carbocycles. The van der Waals surface area contributed by atoms with Crippen molar-refractivity contribution in [2.45, 2.75) is 31.5 Å². The molecule has 0 bridgehead atoms. The lowest BCUT2D eigenvalue weighted by Crippen LogP contribution is -2.38. The van der Waals surface area contributed by atoms with Gasteiger partial charge in [-0.2, -0.15) is 5.10 Å². The monoisotopic (exact) mass is 348 g/mol. The van der Waals surface area contributed by atoms with Crippen LogP contribution in [0.25, 0.3) is 0 Å². The number of halogens is 1. The molecule has 2 atom stereocenters. The highest BCUT2D eigenvalue weighted by atomic mass is 35.5. The van der Waals surface area contributed by atoms with E-state index in [4.69, 9.17) is 4.74 Å². The van der Waals surface area contributed by atoms with Crippen LogP contribution in [0.4, 0.5) is 0 Å². The average molecular weight is 349 g/mol. The van der Waals surface area contributed by atoms with Gasteiger partial charge in [0.2, 0.25) is 0 Å². The molecule has 2 aromatic rings. The van der Waals surface area contributed by atoms with Gasteiger partial charge in [0, 0.05) is 37.4 Å². The molecule has 2 aliphatic heterocycles. The SMILES string of the molecule is Cl.O=C(NC1CCOC1c1ccccc1)c1n[nH]c2c1CNCC2. The molecule has 24 heavy (non-hydrogen) atoms. The van der Waals surface area contributed by atoms with Gasteiger partial charge in [0.25, 0.3) is 5.91 Å². The first kappa shape index (κ1) is 17.0. The van der Waals surface area contributed by atoms with Crippen LogP contribution < -0.4 is 10.6 Å². The fourth-order valence-corrected chi connectivity index (χ4v) is 3.36. The first-order chi connectivity index (χ1) is 11.3. The maximum atomic E-state index is 12.6. The van der Waals surface area contributed by atoms with E-state index in [2.05, 4.69) is 20.8 Å². The van der Waals surface area contributed by atoms with Crippen molar-refractivity contribution in [1.82, 2.24) is 20.8 Å². The Morgan fingerprint density at radius 1 is 1.29 bits per heavy atom. The van der Waals surface area contributed by atoms with Gasteiger partial charge in [-0.15, -0.1) is 12.4 Å². The second-order valence-corrected chi connectivity index (χ2v) is 6.03. The third-order valence-corrected chi connectivity index (χ3v) is 4.56. The summed E-state index contributed by atoms with van der Waals surface area (Å²) in [4.78, 5) is 12.6. The molecule has 4 rings (SSSR count). The number of amides is 1. The van der Waals surface area contributed by atoms with Crippen LogP contribution in [-0.2, 0) is 17.7 Å². The van der Waals surface area contributed by atoms with E-state index in [1.54, 1.807) is 0 Å². The normalized spacial score (nSPS) is 22.5. The molecule has 3 heterocycles.